The van der Waals surface area contributed by atoms with Gasteiger partial charge in [0.2, 0.25) is 0 Å². The van der Waals surface area contributed by atoms with E-state index in [9.17, 15) is 13.2 Å². The zero-order chi connectivity index (χ0) is 12.9. The summed E-state index contributed by atoms with van der Waals surface area (Å²) in [6.45, 7) is 4.51. The second kappa shape index (κ2) is 5.67. The van der Waals surface area contributed by atoms with Gasteiger partial charge in [-0.05, 0) is 26.0 Å². The summed E-state index contributed by atoms with van der Waals surface area (Å²) in [6.07, 6.45) is 0. The van der Waals surface area contributed by atoms with Crippen molar-refractivity contribution in [2.75, 3.05) is 13.1 Å². The van der Waals surface area contributed by atoms with E-state index in [1.807, 2.05) is 4.72 Å². The molecule has 0 heterocycles. The van der Waals surface area contributed by atoms with Crippen molar-refractivity contribution in [2.24, 2.45) is 0 Å². The molecule has 0 fully saturated rings. The molecule has 1 aromatic carbocycles. The van der Waals surface area contributed by atoms with E-state index in [0.29, 0.717) is 13.1 Å². The van der Waals surface area contributed by atoms with Crippen molar-refractivity contribution in [2.45, 2.75) is 18.7 Å². The Morgan fingerprint density at radius 1 is 1.18 bits per heavy atom. The molecule has 0 spiro atoms. The summed E-state index contributed by atoms with van der Waals surface area (Å²) in [5, 5.41) is 0. The first-order valence-electron chi connectivity index (χ1n) is 5.38. The van der Waals surface area contributed by atoms with E-state index in [1.165, 1.54) is 17.0 Å². The van der Waals surface area contributed by atoms with Crippen LogP contribution in [0.25, 0.3) is 0 Å². The Balaban J connectivity index is 2.85. The van der Waals surface area contributed by atoms with Gasteiger partial charge in [0.05, 0.1) is 4.90 Å². The summed E-state index contributed by atoms with van der Waals surface area (Å²) in [4.78, 5) is 13.1. The van der Waals surface area contributed by atoms with Crippen LogP contribution in [0.2, 0.25) is 0 Å². The number of urea groups is 1. The van der Waals surface area contributed by atoms with Crippen LogP contribution >= 0.6 is 0 Å². The molecule has 0 bridgehead atoms. The number of benzene rings is 1. The molecule has 0 saturated heterocycles. The first kappa shape index (κ1) is 13.5. The maximum Gasteiger partial charge on any atom is 0.331 e. The zero-order valence-corrected chi connectivity index (χ0v) is 10.7. The van der Waals surface area contributed by atoms with Crippen molar-refractivity contribution < 1.29 is 13.2 Å². The van der Waals surface area contributed by atoms with Crippen LogP contribution in [0.15, 0.2) is 35.2 Å². The van der Waals surface area contributed by atoms with Gasteiger partial charge in [-0.15, -0.1) is 0 Å². The first-order chi connectivity index (χ1) is 8.01. The van der Waals surface area contributed by atoms with Gasteiger partial charge < -0.3 is 4.90 Å². The lowest BCUT2D eigenvalue weighted by Gasteiger charge is -2.19. The molecule has 0 aliphatic rings. The summed E-state index contributed by atoms with van der Waals surface area (Å²) < 4.78 is 25.7. The van der Waals surface area contributed by atoms with E-state index in [-0.39, 0.29) is 4.90 Å². The van der Waals surface area contributed by atoms with Crippen LogP contribution in [0, 0.1) is 0 Å². The minimum Gasteiger partial charge on any atom is -0.325 e. The average Bonchev–Trinajstić information content (AvgIpc) is 2.31. The Labute approximate surface area is 101 Å². The Morgan fingerprint density at radius 2 is 1.71 bits per heavy atom. The van der Waals surface area contributed by atoms with Gasteiger partial charge in [-0.1, -0.05) is 18.2 Å². The Bertz CT molecular complexity index is 467. The molecule has 0 aromatic heterocycles. The summed E-state index contributed by atoms with van der Waals surface area (Å²) in [5.74, 6) is 0. The maximum atomic E-state index is 11.8. The van der Waals surface area contributed by atoms with E-state index in [4.69, 9.17) is 0 Å². The first-order valence-corrected chi connectivity index (χ1v) is 6.86. The molecule has 1 N–H and O–H groups in total. The number of nitrogens with one attached hydrogen (secondary N) is 1. The molecule has 0 unspecified atom stereocenters. The molecule has 1 aromatic rings. The Kier molecular flexibility index (Phi) is 4.51. The van der Waals surface area contributed by atoms with Crippen LogP contribution in [0.5, 0.6) is 0 Å². The monoisotopic (exact) mass is 256 g/mol. The second-order valence-electron chi connectivity index (χ2n) is 3.40. The lowest BCUT2D eigenvalue weighted by molar-refractivity contribution is 0.209. The molecule has 1 rings (SSSR count). The standard InChI is InChI=1S/C11H16N2O3S/c1-3-13(4-2)11(14)12-17(15,16)10-8-6-5-7-9-10/h5-9H,3-4H2,1-2H3,(H,12,14). The van der Waals surface area contributed by atoms with E-state index in [2.05, 4.69) is 0 Å². The fraction of sp³-hybridized carbons (Fsp3) is 0.364. The van der Waals surface area contributed by atoms with Gasteiger partial charge in [-0.2, -0.15) is 0 Å². The number of hydrogen-bond donors (Lipinski definition) is 1. The fourth-order valence-corrected chi connectivity index (χ4v) is 2.34. The van der Waals surface area contributed by atoms with Crippen molar-refractivity contribution >= 4 is 16.1 Å². The highest BCUT2D eigenvalue weighted by Gasteiger charge is 2.19. The highest BCUT2D eigenvalue weighted by atomic mass is 32.2. The second-order valence-corrected chi connectivity index (χ2v) is 5.08. The van der Waals surface area contributed by atoms with E-state index in [1.54, 1.807) is 32.0 Å². The van der Waals surface area contributed by atoms with Gasteiger partial charge in [0.25, 0.3) is 10.0 Å². The largest absolute Gasteiger partial charge is 0.331 e. The Morgan fingerprint density at radius 3 is 2.18 bits per heavy atom. The fourth-order valence-electron chi connectivity index (χ4n) is 1.35. The quantitative estimate of drug-likeness (QED) is 0.886. The molecule has 2 amide bonds. The summed E-state index contributed by atoms with van der Waals surface area (Å²) >= 11 is 0. The van der Waals surface area contributed by atoms with Crippen molar-refractivity contribution in [3.8, 4) is 0 Å². The van der Waals surface area contributed by atoms with Gasteiger partial charge in [-0.25, -0.2) is 17.9 Å². The number of carbonyl (C=O) groups excluding carboxylic acids is 1. The van der Waals surface area contributed by atoms with E-state index in [0.717, 1.165) is 0 Å². The van der Waals surface area contributed by atoms with Gasteiger partial charge in [0, 0.05) is 13.1 Å². The molecule has 0 aliphatic heterocycles. The number of hydrogen-bond acceptors (Lipinski definition) is 3. The van der Waals surface area contributed by atoms with Crippen LogP contribution in [-0.2, 0) is 10.0 Å². The molecule has 0 saturated carbocycles. The van der Waals surface area contributed by atoms with Crippen molar-refractivity contribution in [1.29, 1.82) is 0 Å². The number of rotatable bonds is 4. The summed E-state index contributed by atoms with van der Waals surface area (Å²) in [6, 6.07) is 7.22. The predicted molar refractivity (Wildman–Crippen MR) is 65.1 cm³/mol. The Hall–Kier alpha value is -1.56. The van der Waals surface area contributed by atoms with Crippen LogP contribution in [-0.4, -0.2) is 32.4 Å². The molecule has 0 aliphatic carbocycles. The maximum absolute atomic E-state index is 11.8. The predicted octanol–water partition coefficient (Wildman–Crippen LogP) is 1.43. The normalized spacial score (nSPS) is 10.9. The van der Waals surface area contributed by atoms with Crippen molar-refractivity contribution in [1.82, 2.24) is 9.62 Å². The molecule has 6 heteroatoms. The van der Waals surface area contributed by atoms with E-state index >= 15 is 0 Å². The molecular formula is C11H16N2O3S. The van der Waals surface area contributed by atoms with Gasteiger partial charge in [-0.3, -0.25) is 0 Å². The van der Waals surface area contributed by atoms with Gasteiger partial charge in [0.1, 0.15) is 0 Å². The third-order valence-corrected chi connectivity index (χ3v) is 3.66. The molecule has 94 valence electrons. The molecule has 0 atom stereocenters. The SMILES string of the molecule is CCN(CC)C(=O)NS(=O)(=O)c1ccccc1. The third-order valence-electron chi connectivity index (χ3n) is 2.33. The zero-order valence-electron chi connectivity index (χ0n) is 9.88. The van der Waals surface area contributed by atoms with Gasteiger partial charge >= 0.3 is 6.03 Å². The number of nitrogens with zero attached hydrogens (tertiary/aromatic N) is 1. The van der Waals surface area contributed by atoms with Crippen LogP contribution in [0.4, 0.5) is 4.79 Å². The minimum atomic E-state index is -3.77. The third kappa shape index (κ3) is 3.45. The number of amides is 2. The van der Waals surface area contributed by atoms with E-state index < -0.39 is 16.1 Å². The highest BCUT2D eigenvalue weighted by molar-refractivity contribution is 7.90. The topological polar surface area (TPSA) is 66.5 Å². The summed E-state index contributed by atoms with van der Waals surface area (Å²) in [7, 11) is -3.77. The molecule has 5 nitrogen and oxygen atoms in total. The van der Waals surface area contributed by atoms with Crippen LogP contribution in [0.1, 0.15) is 13.8 Å². The summed E-state index contributed by atoms with van der Waals surface area (Å²) in [5.41, 5.74) is 0. The molecule has 17 heavy (non-hydrogen) atoms. The molecular weight excluding hydrogens is 240 g/mol. The minimum absolute atomic E-state index is 0.0838. The smallest absolute Gasteiger partial charge is 0.325 e. The van der Waals surface area contributed by atoms with Crippen molar-refractivity contribution in [3.63, 3.8) is 0 Å². The van der Waals surface area contributed by atoms with Crippen molar-refractivity contribution in [3.05, 3.63) is 30.3 Å². The number of sulfonamides is 1. The highest BCUT2D eigenvalue weighted by Crippen LogP contribution is 2.07. The van der Waals surface area contributed by atoms with Crippen LogP contribution < -0.4 is 4.72 Å². The lowest BCUT2D eigenvalue weighted by atomic mass is 10.4. The average molecular weight is 256 g/mol. The molecule has 0 radical (unpaired) electrons. The van der Waals surface area contributed by atoms with Gasteiger partial charge in [0.15, 0.2) is 0 Å². The number of carbonyl (C=O) groups is 1. The van der Waals surface area contributed by atoms with Crippen LogP contribution in [0.3, 0.4) is 0 Å². The lowest BCUT2D eigenvalue weighted by Crippen LogP contribution is -2.42.